The number of amides is 1. The average molecular weight is 437 g/mol. The number of aromatic nitrogens is 1. The Morgan fingerprint density at radius 2 is 1.75 bits per heavy atom. The summed E-state index contributed by atoms with van der Waals surface area (Å²) in [5, 5.41) is 20.8. The van der Waals surface area contributed by atoms with Crippen LogP contribution in [0.5, 0.6) is 0 Å². The number of carboxylic acids is 1. The van der Waals surface area contributed by atoms with Gasteiger partial charge in [0, 0.05) is 24.4 Å². The smallest absolute Gasteiger partial charge is 0.306 e. The van der Waals surface area contributed by atoms with Crippen molar-refractivity contribution in [2.75, 3.05) is 0 Å². The fraction of sp³-hybridized carbons (Fsp3) is 0.375. The summed E-state index contributed by atoms with van der Waals surface area (Å²) >= 11 is 0. The normalized spacial score (nSPS) is 13.0. The monoisotopic (exact) mass is 437 g/mol. The zero-order chi connectivity index (χ0) is 24.1. The van der Waals surface area contributed by atoms with E-state index in [4.69, 9.17) is 5.26 Å². The molecule has 0 aliphatic carbocycles. The largest absolute Gasteiger partial charge is 0.481 e. The van der Waals surface area contributed by atoms with Gasteiger partial charge in [-0.25, -0.2) is 0 Å². The molecule has 0 saturated heterocycles. The summed E-state index contributed by atoms with van der Waals surface area (Å²) < 4.78 is 1.38. The summed E-state index contributed by atoms with van der Waals surface area (Å²) in [6.45, 7) is 6.79. The number of carboxylic acid groups (broad SMARTS) is 1. The number of ketones is 2. The van der Waals surface area contributed by atoms with Crippen LogP contribution < -0.4 is 5.32 Å². The highest BCUT2D eigenvalue weighted by molar-refractivity contribution is 5.97. The van der Waals surface area contributed by atoms with Gasteiger partial charge in [0.25, 0.3) is 0 Å². The van der Waals surface area contributed by atoms with Crippen molar-refractivity contribution in [1.29, 1.82) is 5.26 Å². The highest BCUT2D eigenvalue weighted by atomic mass is 16.4. The van der Waals surface area contributed by atoms with Gasteiger partial charge in [0.15, 0.2) is 11.6 Å². The van der Waals surface area contributed by atoms with Crippen LogP contribution in [0.3, 0.4) is 0 Å². The third-order valence-electron chi connectivity index (χ3n) is 5.07. The van der Waals surface area contributed by atoms with Gasteiger partial charge in [-0.05, 0) is 36.1 Å². The molecule has 1 amide bonds. The van der Waals surface area contributed by atoms with Crippen molar-refractivity contribution in [3.05, 3.63) is 59.4 Å². The fourth-order valence-electron chi connectivity index (χ4n) is 3.42. The van der Waals surface area contributed by atoms with E-state index in [1.807, 2.05) is 6.07 Å². The molecule has 0 fully saturated rings. The van der Waals surface area contributed by atoms with E-state index >= 15 is 0 Å². The van der Waals surface area contributed by atoms with Gasteiger partial charge in [0.1, 0.15) is 6.04 Å². The fourth-order valence-corrected chi connectivity index (χ4v) is 3.42. The van der Waals surface area contributed by atoms with Crippen LogP contribution in [0, 0.1) is 16.7 Å². The van der Waals surface area contributed by atoms with E-state index < -0.39 is 35.8 Å². The van der Waals surface area contributed by atoms with Crippen LogP contribution in [0.1, 0.15) is 61.6 Å². The molecule has 2 N–H and O–H groups in total. The lowest BCUT2D eigenvalue weighted by atomic mass is 9.84. The van der Waals surface area contributed by atoms with E-state index in [0.717, 1.165) is 5.56 Å². The van der Waals surface area contributed by atoms with Crippen LogP contribution in [0.15, 0.2) is 42.7 Å². The van der Waals surface area contributed by atoms with Crippen molar-refractivity contribution in [3.63, 3.8) is 0 Å². The second-order valence-corrected chi connectivity index (χ2v) is 8.79. The predicted octanol–water partition coefficient (Wildman–Crippen LogP) is 2.92. The first kappa shape index (κ1) is 24.5. The molecule has 0 aliphatic heterocycles. The van der Waals surface area contributed by atoms with Gasteiger partial charge in [-0.1, -0.05) is 32.9 Å². The van der Waals surface area contributed by atoms with Crippen LogP contribution >= 0.6 is 0 Å². The molecule has 0 saturated carbocycles. The van der Waals surface area contributed by atoms with E-state index in [1.54, 1.807) is 45.0 Å². The summed E-state index contributed by atoms with van der Waals surface area (Å²) in [6, 6.07) is 8.29. The van der Waals surface area contributed by atoms with Crippen LogP contribution in [0.4, 0.5) is 0 Å². The minimum absolute atomic E-state index is 0.0992. The summed E-state index contributed by atoms with van der Waals surface area (Å²) in [6.07, 6.45) is 2.53. The SMILES string of the molecule is CC(=O)C(NC(=O)C(CC(=O)O)n1ccc(C(=O)Cc2ccc(C#N)cc2)c1)C(C)(C)C. The number of rotatable bonds is 9. The Morgan fingerprint density at radius 1 is 1.12 bits per heavy atom. The Balaban J connectivity index is 2.22. The molecule has 1 aromatic carbocycles. The maximum atomic E-state index is 12.9. The number of carbonyl (C=O) groups is 4. The van der Waals surface area contributed by atoms with Gasteiger partial charge in [-0.2, -0.15) is 5.26 Å². The lowest BCUT2D eigenvalue weighted by Crippen LogP contribution is -2.50. The van der Waals surface area contributed by atoms with E-state index in [-0.39, 0.29) is 18.0 Å². The van der Waals surface area contributed by atoms with Crippen molar-refractivity contribution in [2.45, 2.75) is 52.6 Å². The Morgan fingerprint density at radius 3 is 2.25 bits per heavy atom. The highest BCUT2D eigenvalue weighted by Gasteiger charge is 2.33. The standard InChI is InChI=1S/C24H27N3O5/c1-15(28)22(24(2,3)4)26-23(32)19(12-21(30)31)27-10-9-18(14-27)20(29)11-16-5-7-17(13-25)8-6-16/h5-10,14,19,22H,11-12H2,1-4H3,(H,26,32)(H,30,31). The maximum Gasteiger partial charge on any atom is 0.306 e. The Bertz CT molecular complexity index is 1050. The quantitative estimate of drug-likeness (QED) is 0.580. The molecule has 8 nitrogen and oxygen atoms in total. The number of aliphatic carboxylic acids is 1. The predicted molar refractivity (Wildman–Crippen MR) is 117 cm³/mol. The van der Waals surface area contributed by atoms with Gasteiger partial charge >= 0.3 is 5.97 Å². The average Bonchev–Trinajstić information content (AvgIpc) is 3.19. The van der Waals surface area contributed by atoms with Crippen molar-refractivity contribution < 1.29 is 24.3 Å². The summed E-state index contributed by atoms with van der Waals surface area (Å²) in [7, 11) is 0. The molecule has 2 rings (SSSR count). The number of hydrogen-bond acceptors (Lipinski definition) is 5. The first-order valence-corrected chi connectivity index (χ1v) is 10.1. The first-order chi connectivity index (χ1) is 14.9. The highest BCUT2D eigenvalue weighted by Crippen LogP contribution is 2.22. The van der Waals surface area contributed by atoms with Gasteiger partial charge in [0.2, 0.25) is 5.91 Å². The molecular weight excluding hydrogens is 410 g/mol. The van der Waals surface area contributed by atoms with Gasteiger partial charge in [0.05, 0.1) is 24.1 Å². The lowest BCUT2D eigenvalue weighted by Gasteiger charge is -2.31. The maximum absolute atomic E-state index is 12.9. The third kappa shape index (κ3) is 6.38. The zero-order valence-electron chi connectivity index (χ0n) is 18.6. The molecule has 0 spiro atoms. The Kier molecular flexibility index (Phi) is 7.71. The summed E-state index contributed by atoms with van der Waals surface area (Å²) in [5.41, 5.74) is 1.01. The number of nitrogens with zero attached hydrogens (tertiary/aromatic N) is 2. The Labute approximate surface area is 186 Å². The summed E-state index contributed by atoms with van der Waals surface area (Å²) in [5.74, 6) is -2.23. The van der Waals surface area contributed by atoms with E-state index in [0.29, 0.717) is 11.1 Å². The van der Waals surface area contributed by atoms with E-state index in [9.17, 15) is 24.3 Å². The van der Waals surface area contributed by atoms with Gasteiger partial charge < -0.3 is 15.0 Å². The molecule has 1 heterocycles. The minimum atomic E-state index is -1.18. The molecule has 32 heavy (non-hydrogen) atoms. The molecule has 2 unspecified atom stereocenters. The number of benzene rings is 1. The number of nitrogens with one attached hydrogen (secondary N) is 1. The molecule has 8 heteroatoms. The van der Waals surface area contributed by atoms with Crippen LogP contribution in [0.2, 0.25) is 0 Å². The minimum Gasteiger partial charge on any atom is -0.481 e. The van der Waals surface area contributed by atoms with Crippen molar-refractivity contribution >= 4 is 23.4 Å². The molecule has 168 valence electrons. The molecule has 0 bridgehead atoms. The zero-order valence-corrected chi connectivity index (χ0v) is 18.6. The lowest BCUT2D eigenvalue weighted by molar-refractivity contribution is -0.141. The van der Waals surface area contributed by atoms with Crippen molar-refractivity contribution in [3.8, 4) is 6.07 Å². The van der Waals surface area contributed by atoms with Gasteiger partial charge in [-0.15, -0.1) is 0 Å². The topological polar surface area (TPSA) is 129 Å². The molecule has 0 radical (unpaired) electrons. The summed E-state index contributed by atoms with van der Waals surface area (Å²) in [4.78, 5) is 49.0. The molecule has 2 aromatic rings. The molecular formula is C24H27N3O5. The van der Waals surface area contributed by atoms with E-state index in [1.165, 1.54) is 30.0 Å². The third-order valence-corrected chi connectivity index (χ3v) is 5.07. The van der Waals surface area contributed by atoms with Crippen molar-refractivity contribution in [1.82, 2.24) is 9.88 Å². The van der Waals surface area contributed by atoms with Crippen LogP contribution in [0.25, 0.3) is 0 Å². The number of carbonyl (C=O) groups excluding carboxylic acids is 3. The van der Waals surface area contributed by atoms with Crippen LogP contribution in [-0.4, -0.2) is 39.2 Å². The van der Waals surface area contributed by atoms with E-state index in [2.05, 4.69) is 5.32 Å². The van der Waals surface area contributed by atoms with Crippen LogP contribution in [-0.2, 0) is 20.8 Å². The van der Waals surface area contributed by atoms with Gasteiger partial charge in [-0.3, -0.25) is 19.2 Å². The first-order valence-electron chi connectivity index (χ1n) is 10.1. The second kappa shape index (κ2) is 10.1. The molecule has 1 aromatic heterocycles. The second-order valence-electron chi connectivity index (χ2n) is 8.79. The van der Waals surface area contributed by atoms with Crippen molar-refractivity contribution in [2.24, 2.45) is 5.41 Å². The molecule has 2 atom stereocenters. The number of hydrogen-bond donors (Lipinski definition) is 2. The Hall–Kier alpha value is -3.73. The number of nitriles is 1. The number of Topliss-reactive ketones (excluding diaryl/α,β-unsaturated/α-hetero) is 2. The molecule has 0 aliphatic rings.